The van der Waals surface area contributed by atoms with Gasteiger partial charge in [-0.25, -0.2) is 9.59 Å². The predicted molar refractivity (Wildman–Crippen MR) is 209 cm³/mol. The summed E-state index contributed by atoms with van der Waals surface area (Å²) in [5.74, 6) is -0.873. The molecule has 3 aromatic carbocycles. The van der Waals surface area contributed by atoms with Crippen molar-refractivity contribution in [3.8, 4) is 0 Å². The molecule has 2 unspecified atom stereocenters. The van der Waals surface area contributed by atoms with Crippen LogP contribution >= 0.6 is 0 Å². The number of H-pyrrole nitrogens is 2. The third-order valence-electron chi connectivity index (χ3n) is 11.9. The molecule has 8 rings (SSSR count). The van der Waals surface area contributed by atoms with Crippen LogP contribution in [0.2, 0.25) is 0 Å². The molecule has 2 atom stereocenters. The molecule has 0 radical (unpaired) electrons. The maximum atomic E-state index is 14.2. The fraction of sp³-hybridized carbons (Fsp3) is 0.455. The summed E-state index contributed by atoms with van der Waals surface area (Å²) in [6, 6.07) is 20.4. The number of aliphatic hydroxyl groups is 2. The number of hydrogen-bond donors (Lipinski definition) is 4. The summed E-state index contributed by atoms with van der Waals surface area (Å²) in [5, 5.41) is 21.4. The van der Waals surface area contributed by atoms with Gasteiger partial charge in [-0.3, -0.25) is 0 Å². The Bertz CT molecular complexity index is 2140. The summed E-state index contributed by atoms with van der Waals surface area (Å²) in [5.41, 5.74) is 8.47. The molecule has 0 bridgehead atoms. The number of carbonyl (C=O) groups excluding carboxylic acids is 2. The molecule has 0 amide bonds. The molecule has 0 saturated carbocycles. The number of ether oxygens (including phenoxy) is 2. The first-order chi connectivity index (χ1) is 26.2. The number of fused-ring (bicyclic) bond motifs is 3. The number of nitrogens with one attached hydrogen (secondary N) is 2. The molecule has 284 valence electrons. The number of benzene rings is 3. The number of likely N-dealkylation sites (tertiary alicyclic amines) is 2. The lowest BCUT2D eigenvalue weighted by molar-refractivity contribution is -0.0436. The van der Waals surface area contributed by atoms with E-state index in [9.17, 15) is 19.8 Å². The fourth-order valence-electron chi connectivity index (χ4n) is 8.76. The average molecular weight is 733 g/mol. The molecule has 54 heavy (non-hydrogen) atoms. The highest BCUT2D eigenvalue weighted by atomic mass is 16.6. The molecule has 4 heterocycles. The molecule has 0 spiro atoms. The summed E-state index contributed by atoms with van der Waals surface area (Å²) in [4.78, 5) is 39.9. The molecule has 10 nitrogen and oxygen atoms in total. The Morgan fingerprint density at radius 3 is 1.72 bits per heavy atom. The Kier molecular flexibility index (Phi) is 10.6. The number of aliphatic hydroxyl groups excluding tert-OH is 2. The van der Waals surface area contributed by atoms with E-state index < -0.39 is 24.1 Å². The van der Waals surface area contributed by atoms with Crippen molar-refractivity contribution >= 4 is 33.7 Å². The van der Waals surface area contributed by atoms with E-state index in [2.05, 4.69) is 50.1 Å². The minimum absolute atomic E-state index is 0.196. The summed E-state index contributed by atoms with van der Waals surface area (Å²) in [6.07, 6.45) is 4.33. The Morgan fingerprint density at radius 1 is 0.685 bits per heavy atom. The monoisotopic (exact) mass is 732 g/mol. The van der Waals surface area contributed by atoms with Crippen LogP contribution in [-0.4, -0.2) is 99.5 Å². The quantitative estimate of drug-likeness (QED) is 0.123. The van der Waals surface area contributed by atoms with Gasteiger partial charge in [-0.15, -0.1) is 0 Å². The lowest BCUT2D eigenvalue weighted by atomic mass is 9.87. The lowest BCUT2D eigenvalue weighted by Crippen LogP contribution is -2.37. The molecule has 2 aliphatic heterocycles. The Labute approximate surface area is 316 Å². The molecule has 5 aromatic rings. The largest absolute Gasteiger partial charge is 0.454 e. The standard InChI is InChI=1S/C44H52N4O6/c1-27-40(35-25-29(7-10-37(35)45-27)13-19-47-21-15-32(49)16-22-47)43(51)53-39-12-9-31-5-3-4-6-34(31)42(39)54-44(52)41-28(2)46-38-11-8-30(26-36(38)41)14-20-48-23-17-33(50)18-24-48/h3-8,10-11,25-26,32-33,39,42,45-46,49-50H,9,12-24H2,1-2H3. The zero-order chi connectivity index (χ0) is 37.3. The first-order valence-electron chi connectivity index (χ1n) is 19.7. The normalized spacial score (nSPS) is 20.4. The number of nitrogens with zero attached hydrogens (tertiary/aromatic N) is 2. The maximum absolute atomic E-state index is 14.2. The molecule has 10 heteroatoms. The topological polar surface area (TPSA) is 131 Å². The number of piperidine rings is 2. The first kappa shape index (κ1) is 36.5. The maximum Gasteiger partial charge on any atom is 0.341 e. The minimum Gasteiger partial charge on any atom is -0.454 e. The number of aromatic nitrogens is 2. The highest BCUT2D eigenvalue weighted by molar-refractivity contribution is 6.07. The summed E-state index contributed by atoms with van der Waals surface area (Å²) in [6.45, 7) is 9.17. The second-order valence-corrected chi connectivity index (χ2v) is 15.7. The van der Waals surface area contributed by atoms with Crippen molar-refractivity contribution in [1.82, 2.24) is 19.8 Å². The van der Waals surface area contributed by atoms with Crippen LogP contribution in [0.15, 0.2) is 60.7 Å². The zero-order valence-electron chi connectivity index (χ0n) is 31.4. The molecule has 2 saturated heterocycles. The second kappa shape index (κ2) is 15.7. The van der Waals surface area contributed by atoms with E-state index in [-0.39, 0.29) is 12.2 Å². The summed E-state index contributed by atoms with van der Waals surface area (Å²) < 4.78 is 12.8. The van der Waals surface area contributed by atoms with Gasteiger partial charge in [0.2, 0.25) is 0 Å². The second-order valence-electron chi connectivity index (χ2n) is 15.7. The van der Waals surface area contributed by atoms with Crippen molar-refractivity contribution < 1.29 is 29.3 Å². The van der Waals surface area contributed by atoms with Crippen LogP contribution in [0.5, 0.6) is 0 Å². The number of hydrogen-bond acceptors (Lipinski definition) is 8. The highest BCUT2D eigenvalue weighted by Gasteiger charge is 2.37. The van der Waals surface area contributed by atoms with Gasteiger partial charge in [-0.1, -0.05) is 36.4 Å². The van der Waals surface area contributed by atoms with E-state index in [0.717, 1.165) is 133 Å². The van der Waals surface area contributed by atoms with Crippen LogP contribution in [0.25, 0.3) is 21.8 Å². The van der Waals surface area contributed by atoms with Crippen LogP contribution in [0, 0.1) is 13.8 Å². The first-order valence-corrected chi connectivity index (χ1v) is 19.7. The van der Waals surface area contributed by atoms with Gasteiger partial charge in [-0.05, 0) is 112 Å². The predicted octanol–water partition coefficient (Wildman–Crippen LogP) is 6.33. The smallest absolute Gasteiger partial charge is 0.341 e. The van der Waals surface area contributed by atoms with Gasteiger partial charge < -0.3 is 39.5 Å². The van der Waals surface area contributed by atoms with Gasteiger partial charge in [0.05, 0.1) is 23.3 Å². The van der Waals surface area contributed by atoms with Crippen molar-refractivity contribution in [2.24, 2.45) is 0 Å². The number of aryl methyl sites for hydroxylation is 3. The van der Waals surface area contributed by atoms with Crippen molar-refractivity contribution in [3.05, 3.63) is 105 Å². The molecule has 1 aliphatic carbocycles. The Hall–Kier alpha value is -4.48. The minimum atomic E-state index is -0.766. The average Bonchev–Trinajstić information content (AvgIpc) is 3.69. The zero-order valence-corrected chi connectivity index (χ0v) is 31.4. The number of carbonyl (C=O) groups is 2. The molecule has 2 fully saturated rings. The Balaban J connectivity index is 1.01. The Morgan fingerprint density at radius 2 is 1.19 bits per heavy atom. The SMILES string of the molecule is Cc1[nH]c2ccc(CCN3CCC(O)CC3)cc2c1C(=O)OC1CCc2ccccc2C1OC(=O)c1c(C)[nH]c2ccc(CCN3CCC(O)CC3)cc12. The number of rotatable bonds is 10. The third kappa shape index (κ3) is 7.71. The van der Waals surface area contributed by atoms with E-state index in [1.807, 2.05) is 44.2 Å². The van der Waals surface area contributed by atoms with Crippen LogP contribution in [0.1, 0.15) is 92.6 Å². The van der Waals surface area contributed by atoms with Crippen LogP contribution in [0.3, 0.4) is 0 Å². The van der Waals surface area contributed by atoms with Crippen LogP contribution in [-0.2, 0) is 28.7 Å². The van der Waals surface area contributed by atoms with E-state index in [0.29, 0.717) is 24.0 Å². The van der Waals surface area contributed by atoms with E-state index in [4.69, 9.17) is 9.47 Å². The van der Waals surface area contributed by atoms with Gasteiger partial charge in [0.15, 0.2) is 6.10 Å². The highest BCUT2D eigenvalue weighted by Crippen LogP contribution is 2.38. The van der Waals surface area contributed by atoms with Gasteiger partial charge in [0.25, 0.3) is 0 Å². The van der Waals surface area contributed by atoms with Crippen molar-refractivity contribution in [2.75, 3.05) is 39.3 Å². The van der Waals surface area contributed by atoms with Gasteiger partial charge >= 0.3 is 11.9 Å². The molecular formula is C44H52N4O6. The van der Waals surface area contributed by atoms with E-state index in [1.165, 1.54) is 0 Å². The molecule has 4 N–H and O–H groups in total. The molecule has 3 aliphatic rings. The number of esters is 2. The third-order valence-corrected chi connectivity index (χ3v) is 11.9. The van der Waals surface area contributed by atoms with Crippen molar-refractivity contribution in [1.29, 1.82) is 0 Å². The summed E-state index contributed by atoms with van der Waals surface area (Å²) >= 11 is 0. The van der Waals surface area contributed by atoms with E-state index in [1.54, 1.807) is 0 Å². The molecular weight excluding hydrogens is 681 g/mol. The van der Waals surface area contributed by atoms with E-state index >= 15 is 0 Å². The van der Waals surface area contributed by atoms with Gasteiger partial charge in [-0.2, -0.15) is 0 Å². The van der Waals surface area contributed by atoms with Crippen LogP contribution < -0.4 is 0 Å². The molecule has 2 aromatic heterocycles. The summed E-state index contributed by atoms with van der Waals surface area (Å²) in [7, 11) is 0. The van der Waals surface area contributed by atoms with Gasteiger partial charge in [0, 0.05) is 72.5 Å². The number of aromatic amines is 2. The lowest BCUT2D eigenvalue weighted by Gasteiger charge is -2.32. The van der Waals surface area contributed by atoms with Gasteiger partial charge in [0.1, 0.15) is 6.10 Å². The fourth-order valence-corrected chi connectivity index (χ4v) is 8.76. The van der Waals surface area contributed by atoms with Crippen molar-refractivity contribution in [2.45, 2.75) is 89.6 Å². The van der Waals surface area contributed by atoms with Crippen LogP contribution in [0.4, 0.5) is 0 Å². The van der Waals surface area contributed by atoms with Crippen molar-refractivity contribution in [3.63, 3.8) is 0 Å².